The van der Waals surface area contributed by atoms with Gasteiger partial charge in [-0.2, -0.15) is 5.10 Å². The Balaban J connectivity index is 1.80. The second-order valence-corrected chi connectivity index (χ2v) is 6.81. The van der Waals surface area contributed by atoms with Crippen molar-refractivity contribution in [2.75, 3.05) is 23.4 Å². The molecule has 2 amide bonds. The molecular weight excluding hydrogens is 446 g/mol. The molecule has 0 radical (unpaired) electrons. The highest BCUT2D eigenvalue weighted by atomic mass is 35.5. The van der Waals surface area contributed by atoms with Gasteiger partial charge in [-0.3, -0.25) is 24.4 Å². The Labute approximate surface area is 186 Å². The zero-order chi connectivity index (χ0) is 23.3. The zero-order valence-electron chi connectivity index (χ0n) is 16.7. The molecule has 2 N–H and O–H groups in total. The SMILES string of the molecule is CCOC(=O)CN(C(=O)c1cc(NC(=O)c2cc(F)c(F)cc2Cl)[nH]n1)c1ccccc1. The van der Waals surface area contributed by atoms with Crippen molar-refractivity contribution in [3.05, 3.63) is 76.4 Å². The molecule has 32 heavy (non-hydrogen) atoms. The van der Waals surface area contributed by atoms with E-state index >= 15 is 0 Å². The lowest BCUT2D eigenvalue weighted by molar-refractivity contribution is -0.141. The predicted molar refractivity (Wildman–Crippen MR) is 113 cm³/mol. The summed E-state index contributed by atoms with van der Waals surface area (Å²) >= 11 is 5.80. The number of hydrogen-bond acceptors (Lipinski definition) is 5. The first-order chi connectivity index (χ1) is 15.3. The van der Waals surface area contributed by atoms with Gasteiger partial charge in [0.25, 0.3) is 11.8 Å². The van der Waals surface area contributed by atoms with Crippen LogP contribution in [0.3, 0.4) is 0 Å². The van der Waals surface area contributed by atoms with Crippen LogP contribution in [0.15, 0.2) is 48.5 Å². The number of H-pyrrole nitrogens is 1. The van der Waals surface area contributed by atoms with E-state index in [4.69, 9.17) is 16.3 Å². The molecule has 0 aliphatic heterocycles. The van der Waals surface area contributed by atoms with Gasteiger partial charge in [0.05, 0.1) is 17.2 Å². The van der Waals surface area contributed by atoms with Crippen molar-refractivity contribution >= 4 is 40.9 Å². The number of para-hydroxylation sites is 1. The van der Waals surface area contributed by atoms with Crippen molar-refractivity contribution in [2.24, 2.45) is 0 Å². The van der Waals surface area contributed by atoms with Gasteiger partial charge in [0, 0.05) is 11.8 Å². The highest BCUT2D eigenvalue weighted by Crippen LogP contribution is 2.22. The van der Waals surface area contributed by atoms with E-state index in [2.05, 4.69) is 15.5 Å². The summed E-state index contributed by atoms with van der Waals surface area (Å²) in [4.78, 5) is 38.5. The number of hydrogen-bond donors (Lipinski definition) is 2. The van der Waals surface area contributed by atoms with Crippen molar-refractivity contribution in [2.45, 2.75) is 6.92 Å². The van der Waals surface area contributed by atoms with Gasteiger partial charge in [-0.1, -0.05) is 29.8 Å². The second-order valence-electron chi connectivity index (χ2n) is 6.40. The largest absolute Gasteiger partial charge is 0.465 e. The summed E-state index contributed by atoms with van der Waals surface area (Å²) in [5, 5.41) is 8.41. The van der Waals surface area contributed by atoms with Crippen molar-refractivity contribution in [3.63, 3.8) is 0 Å². The van der Waals surface area contributed by atoms with Gasteiger partial charge in [0.1, 0.15) is 12.4 Å². The maximum atomic E-state index is 13.5. The number of amides is 2. The quantitative estimate of drug-likeness (QED) is 0.410. The van der Waals surface area contributed by atoms with E-state index in [1.165, 1.54) is 11.0 Å². The first-order valence-electron chi connectivity index (χ1n) is 9.34. The minimum Gasteiger partial charge on any atom is -0.465 e. The van der Waals surface area contributed by atoms with E-state index in [-0.39, 0.29) is 35.2 Å². The molecule has 1 heterocycles. The lowest BCUT2D eigenvalue weighted by Crippen LogP contribution is -2.36. The number of halogens is 3. The zero-order valence-corrected chi connectivity index (χ0v) is 17.5. The number of benzene rings is 2. The van der Waals surface area contributed by atoms with Crippen LogP contribution in [0.2, 0.25) is 5.02 Å². The van der Waals surface area contributed by atoms with E-state index in [9.17, 15) is 23.2 Å². The third kappa shape index (κ3) is 5.27. The number of nitrogens with zero attached hydrogens (tertiary/aromatic N) is 2. The molecule has 11 heteroatoms. The molecule has 0 fully saturated rings. The summed E-state index contributed by atoms with van der Waals surface area (Å²) in [5.74, 6) is -4.51. The molecule has 0 saturated carbocycles. The number of aromatic nitrogens is 2. The van der Waals surface area contributed by atoms with Crippen LogP contribution in [-0.4, -0.2) is 41.1 Å². The third-order valence-electron chi connectivity index (χ3n) is 4.21. The maximum Gasteiger partial charge on any atom is 0.326 e. The average molecular weight is 463 g/mol. The van der Waals surface area contributed by atoms with E-state index in [0.717, 1.165) is 0 Å². The van der Waals surface area contributed by atoms with Crippen molar-refractivity contribution < 1.29 is 27.9 Å². The fraction of sp³-hybridized carbons (Fsp3) is 0.143. The van der Waals surface area contributed by atoms with Crippen LogP contribution in [-0.2, 0) is 9.53 Å². The topological polar surface area (TPSA) is 104 Å². The molecule has 0 saturated heterocycles. The van der Waals surface area contributed by atoms with Gasteiger partial charge in [0.2, 0.25) is 0 Å². The maximum absolute atomic E-state index is 13.5. The lowest BCUT2D eigenvalue weighted by Gasteiger charge is -2.20. The van der Waals surface area contributed by atoms with E-state index in [1.54, 1.807) is 37.3 Å². The molecule has 0 unspecified atom stereocenters. The third-order valence-corrected chi connectivity index (χ3v) is 4.52. The number of esters is 1. The van der Waals surface area contributed by atoms with Gasteiger partial charge in [-0.25, -0.2) is 8.78 Å². The smallest absolute Gasteiger partial charge is 0.326 e. The summed E-state index contributed by atoms with van der Waals surface area (Å²) < 4.78 is 31.6. The fourth-order valence-corrected chi connectivity index (χ4v) is 2.98. The second kappa shape index (κ2) is 10.0. The average Bonchev–Trinajstić information content (AvgIpc) is 3.23. The van der Waals surface area contributed by atoms with Gasteiger partial charge < -0.3 is 10.1 Å². The van der Waals surface area contributed by atoms with Crippen LogP contribution < -0.4 is 10.2 Å². The predicted octanol–water partition coefficient (Wildman–Crippen LogP) is 3.80. The molecule has 0 spiro atoms. The number of nitrogens with one attached hydrogen (secondary N) is 2. The van der Waals surface area contributed by atoms with Gasteiger partial charge in [-0.15, -0.1) is 0 Å². The molecule has 0 aliphatic carbocycles. The number of rotatable bonds is 7. The Kier molecular flexibility index (Phi) is 7.16. The highest BCUT2D eigenvalue weighted by Gasteiger charge is 2.24. The summed E-state index contributed by atoms with van der Waals surface area (Å²) in [6, 6.07) is 11.0. The number of carbonyl (C=O) groups is 3. The molecule has 1 aromatic heterocycles. The lowest BCUT2D eigenvalue weighted by atomic mass is 10.2. The number of aromatic amines is 1. The van der Waals surface area contributed by atoms with Crippen LogP contribution in [0.1, 0.15) is 27.8 Å². The monoisotopic (exact) mass is 462 g/mol. The van der Waals surface area contributed by atoms with Crippen molar-refractivity contribution in [1.82, 2.24) is 10.2 Å². The normalized spacial score (nSPS) is 10.5. The molecule has 3 aromatic rings. The van der Waals surface area contributed by atoms with Gasteiger partial charge >= 0.3 is 5.97 Å². The van der Waals surface area contributed by atoms with Crippen molar-refractivity contribution in [3.8, 4) is 0 Å². The fourth-order valence-electron chi connectivity index (χ4n) is 2.74. The Hall–Kier alpha value is -3.79. The first-order valence-corrected chi connectivity index (χ1v) is 9.71. The molecule has 2 aromatic carbocycles. The minimum atomic E-state index is -1.24. The van der Waals surface area contributed by atoms with E-state index in [1.807, 2.05) is 0 Å². The number of anilines is 2. The first kappa shape index (κ1) is 22.9. The molecule has 0 atom stereocenters. The summed E-state index contributed by atoms with van der Waals surface area (Å²) in [6.45, 7) is 1.45. The van der Waals surface area contributed by atoms with E-state index in [0.29, 0.717) is 17.8 Å². The van der Waals surface area contributed by atoms with Crippen LogP contribution in [0.25, 0.3) is 0 Å². The van der Waals surface area contributed by atoms with Crippen LogP contribution in [0.5, 0.6) is 0 Å². The molecule has 3 rings (SSSR count). The van der Waals surface area contributed by atoms with Gasteiger partial charge in [-0.05, 0) is 31.2 Å². The molecule has 8 nitrogen and oxygen atoms in total. The highest BCUT2D eigenvalue weighted by molar-refractivity contribution is 6.34. The van der Waals surface area contributed by atoms with E-state index < -0.39 is 29.4 Å². The Morgan fingerprint density at radius 1 is 1.12 bits per heavy atom. The number of ether oxygens (including phenoxy) is 1. The van der Waals surface area contributed by atoms with Crippen LogP contribution >= 0.6 is 11.6 Å². The minimum absolute atomic E-state index is 0.00305. The summed E-state index contributed by atoms with van der Waals surface area (Å²) in [5.41, 5.74) is 0.0267. The van der Waals surface area contributed by atoms with Crippen molar-refractivity contribution in [1.29, 1.82) is 0 Å². The molecule has 0 bridgehead atoms. The summed E-state index contributed by atoms with van der Waals surface area (Å²) in [7, 11) is 0. The summed E-state index contributed by atoms with van der Waals surface area (Å²) in [6.07, 6.45) is 0. The standard InChI is InChI=1S/C21H17ClF2N4O4/c1-2-32-19(29)11-28(12-6-4-3-5-7-12)21(31)17-10-18(27-26-17)25-20(30)13-8-15(23)16(24)9-14(13)22/h3-10H,2,11H2,1H3,(H2,25,26,27,30). The Morgan fingerprint density at radius 3 is 2.50 bits per heavy atom. The Bertz CT molecular complexity index is 1150. The van der Waals surface area contributed by atoms with Crippen LogP contribution in [0, 0.1) is 11.6 Å². The molecular formula is C21H17ClF2N4O4. The molecule has 166 valence electrons. The Morgan fingerprint density at radius 2 is 1.81 bits per heavy atom. The number of carbonyl (C=O) groups excluding carboxylic acids is 3. The molecule has 0 aliphatic rings. The van der Waals surface area contributed by atoms with Gasteiger partial charge in [0.15, 0.2) is 17.3 Å². The van der Waals surface area contributed by atoms with Crippen LogP contribution in [0.4, 0.5) is 20.3 Å².